The van der Waals surface area contributed by atoms with E-state index < -0.39 is 16.5 Å². The van der Waals surface area contributed by atoms with Gasteiger partial charge in [0, 0.05) is 11.3 Å². The fourth-order valence-corrected chi connectivity index (χ4v) is 2.74. The molecule has 0 aliphatic carbocycles. The Labute approximate surface area is 175 Å². The number of benzene rings is 2. The van der Waals surface area contributed by atoms with Gasteiger partial charge in [0.25, 0.3) is 5.91 Å². The number of hydrogen-bond donors (Lipinski definition) is 3. The second kappa shape index (κ2) is 8.97. The van der Waals surface area contributed by atoms with Crippen molar-refractivity contribution >= 4 is 46.3 Å². The van der Waals surface area contributed by atoms with Gasteiger partial charge in [-0.1, -0.05) is 35.9 Å². The second-order valence-electron chi connectivity index (χ2n) is 6.00. The molecule has 1 heterocycles. The summed E-state index contributed by atoms with van der Waals surface area (Å²) < 4.78 is 0. The minimum absolute atomic E-state index is 0.120. The van der Waals surface area contributed by atoms with Crippen LogP contribution in [-0.4, -0.2) is 26.6 Å². The number of carbonyl (C=O) groups excluding carboxylic acids is 2. The molecule has 0 aliphatic heterocycles. The Morgan fingerprint density at radius 1 is 1.07 bits per heavy atom. The minimum atomic E-state index is -0.693. The number of amides is 1. The predicted octanol–water partition coefficient (Wildman–Crippen LogP) is 3.74. The molecule has 0 bridgehead atoms. The molecule has 30 heavy (non-hydrogen) atoms. The lowest BCUT2D eigenvalue weighted by molar-refractivity contribution is -0.383. The lowest BCUT2D eigenvalue weighted by Crippen LogP contribution is -2.30. The number of hydrazine groups is 1. The van der Waals surface area contributed by atoms with E-state index in [1.807, 2.05) is 0 Å². The molecule has 3 rings (SSSR count). The van der Waals surface area contributed by atoms with Gasteiger partial charge >= 0.3 is 5.69 Å². The Bertz CT molecular complexity index is 1140. The Morgan fingerprint density at radius 2 is 1.80 bits per heavy atom. The van der Waals surface area contributed by atoms with Gasteiger partial charge in [-0.05, 0) is 31.2 Å². The van der Waals surface area contributed by atoms with Gasteiger partial charge < -0.3 is 5.32 Å². The smallest absolute Gasteiger partial charge is 0.334 e. The first-order chi connectivity index (χ1) is 14.4. The van der Waals surface area contributed by atoms with Gasteiger partial charge in [-0.15, -0.1) is 0 Å². The summed E-state index contributed by atoms with van der Waals surface area (Å²) in [4.78, 5) is 42.5. The zero-order valence-electron chi connectivity index (χ0n) is 15.5. The van der Waals surface area contributed by atoms with E-state index in [2.05, 4.69) is 26.1 Å². The molecule has 0 saturated heterocycles. The Morgan fingerprint density at radius 3 is 2.50 bits per heavy atom. The molecule has 0 spiro atoms. The summed E-state index contributed by atoms with van der Waals surface area (Å²) in [6, 6.07) is 12.8. The van der Waals surface area contributed by atoms with Crippen LogP contribution in [0.25, 0.3) is 0 Å². The van der Waals surface area contributed by atoms with Crippen LogP contribution in [0.3, 0.4) is 0 Å². The number of nitro groups is 1. The minimum Gasteiger partial charge on any atom is -0.334 e. The van der Waals surface area contributed by atoms with E-state index in [1.54, 1.807) is 42.5 Å². The van der Waals surface area contributed by atoms with E-state index in [0.29, 0.717) is 11.3 Å². The van der Waals surface area contributed by atoms with Gasteiger partial charge in [0.2, 0.25) is 11.6 Å². The SMILES string of the molecule is CC(=O)c1cccc(Nc2ncnc(NNC(=O)c3ccccc3Cl)c2[N+](=O)[O-])c1. The molecule has 0 radical (unpaired) electrons. The quantitative estimate of drug-likeness (QED) is 0.295. The van der Waals surface area contributed by atoms with E-state index in [-0.39, 0.29) is 28.0 Å². The molecule has 0 atom stereocenters. The maximum Gasteiger partial charge on any atom is 0.355 e. The lowest BCUT2D eigenvalue weighted by Gasteiger charge is -2.11. The zero-order chi connectivity index (χ0) is 21.7. The van der Waals surface area contributed by atoms with Gasteiger partial charge in [0.1, 0.15) is 6.33 Å². The van der Waals surface area contributed by atoms with Crippen molar-refractivity contribution in [3.05, 3.63) is 81.1 Å². The average molecular weight is 427 g/mol. The summed E-state index contributed by atoms with van der Waals surface area (Å²) in [5.74, 6) is -1.11. The third kappa shape index (κ3) is 4.67. The van der Waals surface area contributed by atoms with E-state index in [1.165, 1.54) is 13.0 Å². The first kappa shape index (κ1) is 20.7. The molecular weight excluding hydrogens is 412 g/mol. The number of hydrogen-bond acceptors (Lipinski definition) is 8. The van der Waals surface area contributed by atoms with Crippen molar-refractivity contribution < 1.29 is 14.5 Å². The van der Waals surface area contributed by atoms with E-state index in [9.17, 15) is 19.7 Å². The highest BCUT2D eigenvalue weighted by Crippen LogP contribution is 2.31. The van der Waals surface area contributed by atoms with Crippen LogP contribution in [-0.2, 0) is 0 Å². The van der Waals surface area contributed by atoms with Gasteiger partial charge in [-0.3, -0.25) is 30.6 Å². The van der Waals surface area contributed by atoms with Crippen molar-refractivity contribution in [2.75, 3.05) is 10.7 Å². The maximum absolute atomic E-state index is 12.3. The van der Waals surface area contributed by atoms with Crippen LogP contribution in [0.4, 0.5) is 23.0 Å². The van der Waals surface area contributed by atoms with Crippen LogP contribution >= 0.6 is 11.6 Å². The number of rotatable bonds is 7. The fourth-order valence-electron chi connectivity index (χ4n) is 2.52. The number of Topliss-reactive ketones (excluding diaryl/α,β-unsaturated/α-hetero) is 1. The number of nitrogens with zero attached hydrogens (tertiary/aromatic N) is 3. The number of halogens is 1. The molecule has 11 heteroatoms. The largest absolute Gasteiger partial charge is 0.355 e. The number of carbonyl (C=O) groups is 2. The summed E-state index contributed by atoms with van der Waals surface area (Å²) in [5, 5.41) is 14.7. The number of anilines is 3. The lowest BCUT2D eigenvalue weighted by atomic mass is 10.1. The van der Waals surface area contributed by atoms with Gasteiger partial charge in [-0.2, -0.15) is 0 Å². The maximum atomic E-state index is 12.3. The molecule has 0 saturated carbocycles. The predicted molar refractivity (Wildman–Crippen MR) is 111 cm³/mol. The molecule has 0 aliphatic rings. The van der Waals surface area contributed by atoms with Crippen LogP contribution in [0, 0.1) is 10.1 Å². The summed E-state index contributed by atoms with van der Waals surface area (Å²) in [6.45, 7) is 1.41. The molecule has 3 aromatic rings. The van der Waals surface area contributed by atoms with Gasteiger partial charge in [-0.25, -0.2) is 9.97 Å². The van der Waals surface area contributed by atoms with Crippen LogP contribution < -0.4 is 16.2 Å². The van der Waals surface area contributed by atoms with Gasteiger partial charge in [0.15, 0.2) is 5.78 Å². The molecule has 3 N–H and O–H groups in total. The van der Waals surface area contributed by atoms with Crippen molar-refractivity contribution in [1.82, 2.24) is 15.4 Å². The Hall–Kier alpha value is -4.05. The normalized spacial score (nSPS) is 10.2. The summed E-state index contributed by atoms with van der Waals surface area (Å²) in [6.07, 6.45) is 1.09. The summed E-state index contributed by atoms with van der Waals surface area (Å²) in [5.41, 5.74) is 5.30. The number of aromatic nitrogens is 2. The van der Waals surface area contributed by atoms with Crippen molar-refractivity contribution in [3.8, 4) is 0 Å². The zero-order valence-corrected chi connectivity index (χ0v) is 16.3. The fraction of sp³-hybridized carbons (Fsp3) is 0.0526. The van der Waals surface area contributed by atoms with E-state index in [0.717, 1.165) is 6.33 Å². The topological polar surface area (TPSA) is 139 Å². The van der Waals surface area contributed by atoms with E-state index >= 15 is 0 Å². The number of ketones is 1. The highest BCUT2D eigenvalue weighted by atomic mass is 35.5. The number of nitrogens with one attached hydrogen (secondary N) is 3. The first-order valence-electron chi connectivity index (χ1n) is 8.55. The Balaban J connectivity index is 1.85. The van der Waals surface area contributed by atoms with Crippen molar-refractivity contribution in [2.24, 2.45) is 0 Å². The van der Waals surface area contributed by atoms with Crippen LogP contribution in [0.2, 0.25) is 5.02 Å². The van der Waals surface area contributed by atoms with E-state index in [4.69, 9.17) is 11.6 Å². The first-order valence-corrected chi connectivity index (χ1v) is 8.93. The molecule has 2 aromatic carbocycles. The van der Waals surface area contributed by atoms with Gasteiger partial charge in [0.05, 0.1) is 15.5 Å². The highest BCUT2D eigenvalue weighted by molar-refractivity contribution is 6.33. The highest BCUT2D eigenvalue weighted by Gasteiger charge is 2.24. The molecule has 0 fully saturated rings. The molecule has 10 nitrogen and oxygen atoms in total. The third-order valence-corrected chi connectivity index (χ3v) is 4.28. The summed E-state index contributed by atoms with van der Waals surface area (Å²) >= 11 is 5.98. The van der Waals surface area contributed by atoms with Crippen molar-refractivity contribution in [2.45, 2.75) is 6.92 Å². The van der Waals surface area contributed by atoms with Crippen molar-refractivity contribution in [3.63, 3.8) is 0 Å². The molecule has 1 amide bonds. The Kier molecular flexibility index (Phi) is 6.18. The molecule has 0 unspecified atom stereocenters. The molecule has 1 aromatic heterocycles. The van der Waals surface area contributed by atoms with Crippen LogP contribution in [0.1, 0.15) is 27.6 Å². The van der Waals surface area contributed by atoms with Crippen molar-refractivity contribution in [1.29, 1.82) is 0 Å². The monoisotopic (exact) mass is 426 g/mol. The summed E-state index contributed by atoms with van der Waals surface area (Å²) in [7, 11) is 0. The third-order valence-electron chi connectivity index (χ3n) is 3.95. The molecule has 152 valence electrons. The average Bonchev–Trinajstić information content (AvgIpc) is 2.72. The van der Waals surface area contributed by atoms with Crippen LogP contribution in [0.15, 0.2) is 54.9 Å². The standard InChI is InChI=1S/C19H15ClN6O4/c1-11(27)12-5-4-6-13(9-12)23-17-16(26(29)30)18(22-10-21-17)24-25-19(28)14-7-2-3-8-15(14)20/h2-10H,1H3,(H,25,28)(H2,21,22,23,24). The molecular formula is C19H15ClN6O4. The van der Waals surface area contributed by atoms with Crippen LogP contribution in [0.5, 0.6) is 0 Å². The second-order valence-corrected chi connectivity index (χ2v) is 6.40.